The number of aryl methyl sites for hydroxylation is 1. The molecule has 0 bridgehead atoms. The number of nitrogens with zero attached hydrogens (tertiary/aromatic N) is 3. The molecule has 0 radical (unpaired) electrons. The van der Waals surface area contributed by atoms with E-state index in [1.807, 2.05) is 12.1 Å². The molecule has 4 nitrogen and oxygen atoms in total. The molecular weight excluding hydrogens is 377 g/mol. The standard InChI is InChI=1S/C25H20FN3O/c1-16-4-3-5-17(12-16)14-29-15-22-24(18-6-8-19(26)9-7-18)27-28-25(22)21-13-20(30-2)10-11-23(21)29/h3-13,15H,14H2,1-2H3. The van der Waals surface area contributed by atoms with Crippen LogP contribution in [-0.4, -0.2) is 21.9 Å². The van der Waals surface area contributed by atoms with Gasteiger partial charge in [0, 0.05) is 29.3 Å². The van der Waals surface area contributed by atoms with Crippen LogP contribution in [0.25, 0.3) is 33.4 Å². The Morgan fingerprint density at radius 1 is 0.933 bits per heavy atom. The zero-order chi connectivity index (χ0) is 20.7. The Bertz CT molecular complexity index is 1320. The minimum absolute atomic E-state index is 0.271. The quantitative estimate of drug-likeness (QED) is 0.390. The van der Waals surface area contributed by atoms with Crippen molar-refractivity contribution in [2.75, 3.05) is 7.11 Å². The average molecular weight is 397 g/mol. The maximum absolute atomic E-state index is 13.4. The van der Waals surface area contributed by atoms with Gasteiger partial charge in [-0.2, -0.15) is 0 Å². The summed E-state index contributed by atoms with van der Waals surface area (Å²) >= 11 is 0. The highest BCUT2D eigenvalue weighted by Gasteiger charge is 2.20. The second kappa shape index (κ2) is 7.26. The predicted octanol–water partition coefficient (Wildman–Crippen LogP) is 5.71. The van der Waals surface area contributed by atoms with Crippen LogP contribution in [0.15, 0.2) is 72.9 Å². The molecule has 2 heterocycles. The van der Waals surface area contributed by atoms with E-state index in [-0.39, 0.29) is 5.82 Å². The number of hydrogen-bond acceptors (Lipinski definition) is 3. The minimum Gasteiger partial charge on any atom is -0.497 e. The molecule has 2 aliphatic rings. The van der Waals surface area contributed by atoms with E-state index in [0.717, 1.165) is 39.2 Å². The molecule has 0 aliphatic carbocycles. The third-order valence-corrected chi connectivity index (χ3v) is 5.37. The lowest BCUT2D eigenvalue weighted by Gasteiger charge is -2.16. The molecule has 30 heavy (non-hydrogen) atoms. The Morgan fingerprint density at radius 2 is 1.73 bits per heavy atom. The summed E-state index contributed by atoms with van der Waals surface area (Å²) in [5.74, 6) is 0.496. The first kappa shape index (κ1) is 18.3. The molecule has 148 valence electrons. The smallest absolute Gasteiger partial charge is 0.123 e. The van der Waals surface area contributed by atoms with E-state index < -0.39 is 0 Å². The van der Waals surface area contributed by atoms with Gasteiger partial charge < -0.3 is 9.30 Å². The Balaban J connectivity index is 1.74. The van der Waals surface area contributed by atoms with Crippen LogP contribution in [0.4, 0.5) is 4.39 Å². The zero-order valence-electron chi connectivity index (χ0n) is 16.8. The van der Waals surface area contributed by atoms with Crippen LogP contribution in [0.3, 0.4) is 0 Å². The monoisotopic (exact) mass is 397 g/mol. The fourth-order valence-electron chi connectivity index (χ4n) is 3.91. The third-order valence-electron chi connectivity index (χ3n) is 5.37. The van der Waals surface area contributed by atoms with Crippen LogP contribution in [0.2, 0.25) is 0 Å². The highest BCUT2D eigenvalue weighted by molar-refractivity contribution is 5.98. The van der Waals surface area contributed by atoms with Gasteiger partial charge in [0.2, 0.25) is 0 Å². The van der Waals surface area contributed by atoms with Crippen LogP contribution in [0.5, 0.6) is 5.75 Å². The van der Waals surface area contributed by atoms with E-state index in [2.05, 4.69) is 58.2 Å². The second-order valence-corrected chi connectivity index (χ2v) is 7.45. The van der Waals surface area contributed by atoms with E-state index in [0.29, 0.717) is 6.54 Å². The van der Waals surface area contributed by atoms with Gasteiger partial charge >= 0.3 is 0 Å². The average Bonchev–Trinajstić information content (AvgIpc) is 3.18. The molecule has 0 unspecified atom stereocenters. The Morgan fingerprint density at radius 3 is 2.50 bits per heavy atom. The summed E-state index contributed by atoms with van der Waals surface area (Å²) < 4.78 is 21.1. The number of halogens is 1. The van der Waals surface area contributed by atoms with E-state index in [1.165, 1.54) is 23.3 Å². The van der Waals surface area contributed by atoms with Crippen molar-refractivity contribution in [2.24, 2.45) is 0 Å². The van der Waals surface area contributed by atoms with Gasteiger partial charge in [-0.1, -0.05) is 29.8 Å². The molecule has 0 saturated heterocycles. The van der Waals surface area contributed by atoms with Crippen LogP contribution in [0, 0.1) is 12.7 Å². The molecule has 2 aliphatic heterocycles. The molecule has 3 aromatic rings. The molecule has 0 fully saturated rings. The van der Waals surface area contributed by atoms with Crippen LogP contribution in [-0.2, 0) is 6.54 Å². The normalized spacial score (nSPS) is 11.3. The molecular formula is C25H20FN3O. The number of ether oxygens (including phenoxy) is 1. The fourth-order valence-corrected chi connectivity index (χ4v) is 3.91. The first-order valence-electron chi connectivity index (χ1n) is 9.77. The summed E-state index contributed by atoms with van der Waals surface area (Å²) in [6.45, 7) is 2.81. The van der Waals surface area contributed by atoms with Gasteiger partial charge in [0.1, 0.15) is 23.0 Å². The summed E-state index contributed by atoms with van der Waals surface area (Å²) in [5, 5.41) is 9.88. The molecule has 0 amide bonds. The number of hydrogen-bond donors (Lipinski definition) is 0. The number of rotatable bonds is 4. The molecule has 3 aromatic carbocycles. The molecule has 5 rings (SSSR count). The maximum atomic E-state index is 13.4. The van der Waals surface area contributed by atoms with Crippen molar-refractivity contribution in [1.29, 1.82) is 0 Å². The van der Waals surface area contributed by atoms with E-state index in [9.17, 15) is 4.39 Å². The van der Waals surface area contributed by atoms with E-state index >= 15 is 0 Å². The van der Waals surface area contributed by atoms with Crippen LogP contribution < -0.4 is 4.74 Å². The van der Waals surface area contributed by atoms with E-state index in [1.54, 1.807) is 19.2 Å². The lowest BCUT2D eigenvalue weighted by atomic mass is 10.0. The number of aromatic nitrogens is 3. The summed E-state index contributed by atoms with van der Waals surface area (Å²) in [7, 11) is 1.66. The molecule has 5 heteroatoms. The van der Waals surface area contributed by atoms with Crippen molar-refractivity contribution in [3.63, 3.8) is 0 Å². The first-order chi connectivity index (χ1) is 14.6. The second-order valence-electron chi connectivity index (χ2n) is 7.45. The van der Waals surface area contributed by atoms with Gasteiger partial charge in [-0.15, -0.1) is 10.2 Å². The molecule has 0 spiro atoms. The van der Waals surface area contributed by atoms with Gasteiger partial charge in [-0.05, 0) is 55.0 Å². The topological polar surface area (TPSA) is 39.9 Å². The predicted molar refractivity (Wildman–Crippen MR) is 116 cm³/mol. The Hall–Kier alpha value is -3.73. The van der Waals surface area contributed by atoms with Crippen LogP contribution >= 0.6 is 0 Å². The molecule has 0 saturated carbocycles. The fraction of sp³-hybridized carbons (Fsp3) is 0.120. The number of pyridine rings is 1. The SMILES string of the molecule is COc1ccc2c(c1)c1nnc(-c3ccc(F)cc3)c-1cn2Cc1cccc(C)c1. The Labute approximate surface area is 173 Å². The van der Waals surface area contributed by atoms with Gasteiger partial charge in [-0.25, -0.2) is 4.39 Å². The van der Waals surface area contributed by atoms with Gasteiger partial charge in [-0.3, -0.25) is 0 Å². The van der Waals surface area contributed by atoms with Crippen molar-refractivity contribution in [2.45, 2.75) is 13.5 Å². The van der Waals surface area contributed by atoms with Crippen molar-refractivity contribution in [3.8, 4) is 28.3 Å². The maximum Gasteiger partial charge on any atom is 0.123 e. The lowest BCUT2D eigenvalue weighted by molar-refractivity contribution is 0.415. The zero-order valence-corrected chi connectivity index (χ0v) is 16.8. The third kappa shape index (κ3) is 3.18. The molecule has 0 N–H and O–H groups in total. The minimum atomic E-state index is -0.271. The summed E-state index contributed by atoms with van der Waals surface area (Å²) in [6.07, 6.45) is 2.09. The van der Waals surface area contributed by atoms with Crippen molar-refractivity contribution < 1.29 is 9.13 Å². The Kier molecular flexibility index (Phi) is 4.43. The number of fused-ring (bicyclic) bond motifs is 3. The highest BCUT2D eigenvalue weighted by atomic mass is 19.1. The molecule has 0 aromatic heterocycles. The molecule has 0 atom stereocenters. The number of benzene rings is 3. The summed E-state index contributed by atoms with van der Waals surface area (Å²) in [5.41, 5.74) is 6.81. The number of methoxy groups -OCH3 is 1. The summed E-state index contributed by atoms with van der Waals surface area (Å²) in [4.78, 5) is 0. The van der Waals surface area contributed by atoms with Gasteiger partial charge in [0.15, 0.2) is 0 Å². The van der Waals surface area contributed by atoms with E-state index in [4.69, 9.17) is 4.74 Å². The van der Waals surface area contributed by atoms with Crippen molar-refractivity contribution in [1.82, 2.24) is 14.8 Å². The van der Waals surface area contributed by atoms with Crippen LogP contribution in [0.1, 0.15) is 11.1 Å². The highest BCUT2D eigenvalue weighted by Crippen LogP contribution is 2.38. The van der Waals surface area contributed by atoms with Gasteiger partial charge in [0.25, 0.3) is 0 Å². The largest absolute Gasteiger partial charge is 0.497 e. The van der Waals surface area contributed by atoms with Crippen molar-refractivity contribution >= 4 is 10.9 Å². The summed E-state index contributed by atoms with van der Waals surface area (Å²) in [6, 6.07) is 20.8. The van der Waals surface area contributed by atoms with Crippen molar-refractivity contribution in [3.05, 3.63) is 89.9 Å². The lowest BCUT2D eigenvalue weighted by Crippen LogP contribution is -2.04. The van der Waals surface area contributed by atoms with Gasteiger partial charge in [0.05, 0.1) is 12.6 Å². The first-order valence-corrected chi connectivity index (χ1v) is 9.77.